The molecule has 0 rings (SSSR count). The van der Waals surface area contributed by atoms with E-state index >= 15 is 0 Å². The summed E-state index contributed by atoms with van der Waals surface area (Å²) in [7, 11) is 0. The van der Waals surface area contributed by atoms with Gasteiger partial charge in [0, 0.05) is 77.7 Å². The number of carbonyl (C=O) groups is 13. The molecule has 0 aliphatic rings. The first-order valence-electron chi connectivity index (χ1n) is 30.0. The zero-order valence-electron chi connectivity index (χ0n) is 57.3. The summed E-state index contributed by atoms with van der Waals surface area (Å²) in [6.45, 7) is 50.0. The maximum Gasteiger partial charge on any atom is 0.333 e. The molecule has 574 valence electrons. The lowest BCUT2D eigenvalue weighted by Crippen LogP contribution is -2.47. The minimum absolute atomic E-state index is 0. The molecule has 0 saturated heterocycles. The van der Waals surface area contributed by atoms with Crippen molar-refractivity contribution in [2.45, 2.75) is 109 Å². The lowest BCUT2D eigenvalue weighted by Gasteiger charge is -2.35. The fourth-order valence-electron chi connectivity index (χ4n) is 6.92. The predicted octanol–water partition coefficient (Wildman–Crippen LogP) is 9.95. The van der Waals surface area contributed by atoms with Crippen molar-refractivity contribution in [2.75, 3.05) is 106 Å². The largest absolute Gasteiger partial charge is 0.462 e. The summed E-state index contributed by atoms with van der Waals surface area (Å²) in [5, 5.41) is 0. The van der Waals surface area contributed by atoms with Crippen molar-refractivity contribution < 1.29 is 129 Å². The van der Waals surface area contributed by atoms with Crippen molar-refractivity contribution >= 4 is 77.2 Å². The molecule has 1 atom stereocenters. The van der Waals surface area contributed by atoms with E-state index in [0.717, 1.165) is 54.7 Å². The Morgan fingerprint density at radius 1 is 0.294 bits per heavy atom. The number of carbonyl (C=O) groups excluding carboxylic acids is 13. The van der Waals surface area contributed by atoms with Gasteiger partial charge >= 0.3 is 65.7 Å². The number of allylic oxidation sites excluding steroid dienone is 1. The number of hydrogen-bond acceptors (Lipinski definition) is 27. The molecule has 0 spiro atoms. The topological polar surface area (TPSA) is 351 Å². The first-order valence-corrected chi connectivity index (χ1v) is 30.0. The molecular formula is C75H112O27. The van der Waals surface area contributed by atoms with Crippen molar-refractivity contribution in [1.82, 2.24) is 0 Å². The molecular weight excluding hydrogens is 1330 g/mol. The van der Waals surface area contributed by atoms with Gasteiger partial charge in [-0.25, -0.2) is 52.7 Å². The smallest absolute Gasteiger partial charge is 0.333 e. The van der Waals surface area contributed by atoms with E-state index in [1.807, 2.05) is 13.8 Å². The summed E-state index contributed by atoms with van der Waals surface area (Å²) < 4.78 is 74.3. The predicted molar refractivity (Wildman–Crippen MR) is 384 cm³/mol. The van der Waals surface area contributed by atoms with Crippen LogP contribution in [0.15, 0.2) is 163 Å². The zero-order chi connectivity index (χ0) is 75.6. The number of rotatable bonds is 52. The van der Waals surface area contributed by atoms with Gasteiger partial charge in [-0.3, -0.25) is 9.59 Å². The van der Waals surface area contributed by atoms with Gasteiger partial charge in [-0.15, -0.1) is 0 Å². The van der Waals surface area contributed by atoms with E-state index in [-0.39, 0.29) is 112 Å². The summed E-state index contributed by atoms with van der Waals surface area (Å²) >= 11 is 0. The minimum Gasteiger partial charge on any atom is -0.462 e. The molecule has 0 saturated carbocycles. The van der Waals surface area contributed by atoms with Gasteiger partial charge in [-0.1, -0.05) is 136 Å². The highest BCUT2D eigenvalue weighted by Crippen LogP contribution is 2.33. The molecule has 0 aromatic heterocycles. The van der Waals surface area contributed by atoms with Crippen molar-refractivity contribution in [1.29, 1.82) is 0 Å². The summed E-state index contributed by atoms with van der Waals surface area (Å²) in [5.74, 6) is -8.39. The monoisotopic (exact) mass is 1440 g/mol. The molecule has 0 heterocycles. The molecule has 0 aliphatic carbocycles. The van der Waals surface area contributed by atoms with Gasteiger partial charge in [0.05, 0.1) is 49.3 Å². The van der Waals surface area contributed by atoms with Crippen LogP contribution in [0.25, 0.3) is 0 Å². The fraction of sp³-hybridized carbons (Fsp3) is 0.480. The number of Topliss-reactive ketones (excluding diaryl/α,β-unsaturated/α-hetero) is 1. The second-order valence-electron chi connectivity index (χ2n) is 21.9. The van der Waals surface area contributed by atoms with E-state index in [4.69, 9.17) is 66.3 Å². The third-order valence-electron chi connectivity index (χ3n) is 13.7. The van der Waals surface area contributed by atoms with Crippen molar-refractivity contribution in [2.24, 2.45) is 21.7 Å². The molecule has 27 nitrogen and oxygen atoms in total. The van der Waals surface area contributed by atoms with Crippen molar-refractivity contribution in [3.8, 4) is 0 Å². The van der Waals surface area contributed by atoms with Crippen LogP contribution in [0.1, 0.15) is 103 Å². The molecule has 102 heavy (non-hydrogen) atoms. The maximum absolute atomic E-state index is 11.8. The summed E-state index contributed by atoms with van der Waals surface area (Å²) in [4.78, 5) is 152. The van der Waals surface area contributed by atoms with Crippen molar-refractivity contribution in [3.63, 3.8) is 0 Å². The molecule has 0 aromatic rings. The maximum atomic E-state index is 11.8. The standard InChI is InChI=1S/C28H34O13.C25H36O8.C18H26O6.4CH4/c1-7-21(29)36-15-27(16-37-22(30)8-2,17-38-23(31)9-3)13-35-14-28(18-39-24(32)10-4,19-40-25(33)11-5)20-41-26(34)12-6;1-7-20(26)13-14-24(11-5,17-31-21(27)8-2)15-30-16-25(12-6,18-32-22(28)9-3)19-33-23(29)10-4;1-8-18(10-22-16(20)13(4)5,11-23-17(21)14(6)7)24-9-15(19)12(2)3;;;;/h7-12H,1-6,13-20H2;7-10H,1-4,11-19H2,5-6H3;2,4,6,8-11H2,1,3,5,7H3;4*1H4. The van der Waals surface area contributed by atoms with Gasteiger partial charge in [-0.2, -0.15) is 0 Å². The summed E-state index contributed by atoms with van der Waals surface area (Å²) in [5.41, 5.74) is -4.75. The van der Waals surface area contributed by atoms with Crippen LogP contribution < -0.4 is 0 Å². The van der Waals surface area contributed by atoms with Gasteiger partial charge in [0.2, 0.25) is 0 Å². The molecule has 0 bridgehead atoms. The Morgan fingerprint density at radius 3 is 0.745 bits per heavy atom. The quantitative estimate of drug-likeness (QED) is 0.0310. The first-order chi connectivity index (χ1) is 46.1. The third kappa shape index (κ3) is 45.6. The van der Waals surface area contributed by atoms with Crippen LogP contribution in [0, 0.1) is 21.7 Å². The van der Waals surface area contributed by atoms with Crippen LogP contribution in [-0.2, 0) is 129 Å². The molecule has 0 aliphatic heterocycles. The second-order valence-corrected chi connectivity index (χ2v) is 21.9. The summed E-state index contributed by atoms with van der Waals surface area (Å²) in [6.07, 6.45) is 11.8. The van der Waals surface area contributed by atoms with Crippen LogP contribution in [-0.4, -0.2) is 189 Å². The molecule has 1 unspecified atom stereocenters. The Kier molecular flexibility index (Phi) is 59.7. The Balaban J connectivity index is -0.000000269. The highest BCUT2D eigenvalue weighted by atomic mass is 16.6. The zero-order valence-corrected chi connectivity index (χ0v) is 57.3. The Bertz CT molecular complexity index is 2500. The highest BCUT2D eigenvalue weighted by molar-refractivity contribution is 5.95. The van der Waals surface area contributed by atoms with E-state index < -0.39 is 146 Å². The molecule has 0 aromatic carbocycles. The molecule has 27 heteroatoms. The van der Waals surface area contributed by atoms with E-state index in [1.54, 1.807) is 13.8 Å². The van der Waals surface area contributed by atoms with E-state index in [2.05, 4.69) is 85.5 Å². The third-order valence-corrected chi connectivity index (χ3v) is 13.7. The van der Waals surface area contributed by atoms with Crippen LogP contribution in [0.3, 0.4) is 0 Å². The first kappa shape index (κ1) is 105. The average molecular weight is 1450 g/mol. The Labute approximate surface area is 603 Å². The Hall–Kier alpha value is -9.99. The number of esters is 11. The van der Waals surface area contributed by atoms with Crippen LogP contribution in [0.4, 0.5) is 0 Å². The number of hydrogen-bond donors (Lipinski definition) is 0. The van der Waals surface area contributed by atoms with Gasteiger partial charge in [0.25, 0.3) is 0 Å². The lowest BCUT2D eigenvalue weighted by molar-refractivity contribution is -0.172. The van der Waals surface area contributed by atoms with Crippen LogP contribution in [0.2, 0.25) is 0 Å². The average Bonchev–Trinajstić information content (AvgIpc) is 0.849. The molecule has 0 fully saturated rings. The van der Waals surface area contributed by atoms with Gasteiger partial charge < -0.3 is 66.3 Å². The summed E-state index contributed by atoms with van der Waals surface area (Å²) in [6, 6.07) is 0. The molecule has 0 radical (unpaired) electrons. The van der Waals surface area contributed by atoms with Gasteiger partial charge in [-0.05, 0) is 58.1 Å². The highest BCUT2D eigenvalue weighted by Gasteiger charge is 2.42. The van der Waals surface area contributed by atoms with E-state index in [1.165, 1.54) is 19.9 Å². The molecule has 0 N–H and O–H groups in total. The number of ketones is 2. The van der Waals surface area contributed by atoms with Crippen molar-refractivity contribution in [3.05, 3.63) is 163 Å². The Morgan fingerprint density at radius 2 is 0.529 bits per heavy atom. The van der Waals surface area contributed by atoms with Crippen LogP contribution in [0.5, 0.6) is 0 Å². The van der Waals surface area contributed by atoms with E-state index in [0.29, 0.717) is 31.3 Å². The van der Waals surface area contributed by atoms with E-state index in [9.17, 15) is 62.3 Å². The number of ether oxygens (including phenoxy) is 14. The fourth-order valence-corrected chi connectivity index (χ4v) is 6.92. The SMILES string of the molecule is C.C.C.C.C=C(C)C(=O)COC(CC)(COC(=O)C(=C)C)COC(=O)C(=C)C.C=CC(=O)CCC(CC)(COCC(CC)(COC(=O)C=C)COC(=O)C=C)COC(=O)C=C.C=CC(=O)OCC(COCC(COC(=O)C=C)(COC(=O)C=C)COC(=O)C=C)(COC(=O)C=C)COC(=O)C=C. The minimum atomic E-state index is -1.49. The second kappa shape index (κ2) is 57.7. The normalized spacial score (nSPS) is 10.8. The van der Waals surface area contributed by atoms with Crippen LogP contribution >= 0.6 is 0 Å². The van der Waals surface area contributed by atoms with Gasteiger partial charge in [0.1, 0.15) is 78.3 Å². The van der Waals surface area contributed by atoms with Gasteiger partial charge in [0.15, 0.2) is 11.6 Å². The molecule has 0 amide bonds. The lowest BCUT2D eigenvalue weighted by atomic mass is 9.81.